The van der Waals surface area contributed by atoms with Crippen molar-refractivity contribution in [3.8, 4) is 5.75 Å². The zero-order valence-corrected chi connectivity index (χ0v) is 10.5. The fourth-order valence-electron chi connectivity index (χ4n) is 1.91. The van der Waals surface area contributed by atoms with Gasteiger partial charge in [-0.3, -0.25) is 0 Å². The highest BCUT2D eigenvalue weighted by Crippen LogP contribution is 2.24. The number of nitrogens with zero attached hydrogens (tertiary/aromatic N) is 1. The van der Waals surface area contributed by atoms with Gasteiger partial charge in [-0.2, -0.15) is 0 Å². The summed E-state index contributed by atoms with van der Waals surface area (Å²) in [4.78, 5) is 12.3. The molecule has 1 heterocycles. The van der Waals surface area contributed by atoms with Crippen LogP contribution in [0.3, 0.4) is 0 Å². The zero-order chi connectivity index (χ0) is 12.3. The number of fused-ring (bicyclic) bond motifs is 1. The molecule has 0 radical (unpaired) electrons. The topological polar surface area (TPSA) is 49.8 Å². The number of hydrogen-bond acceptors (Lipinski definition) is 3. The van der Waals surface area contributed by atoms with E-state index in [0.717, 1.165) is 17.7 Å². The molecule has 0 saturated carbocycles. The molecule has 5 heteroatoms. The summed E-state index contributed by atoms with van der Waals surface area (Å²) in [5.41, 5.74) is 2.27. The van der Waals surface area contributed by atoms with Crippen molar-refractivity contribution in [2.24, 2.45) is 0 Å². The Kier molecular flexibility index (Phi) is 3.78. The van der Waals surface area contributed by atoms with Gasteiger partial charge in [0.05, 0.1) is 0 Å². The molecule has 0 atom stereocenters. The summed E-state index contributed by atoms with van der Waals surface area (Å²) in [5, 5.41) is 8.97. The minimum absolute atomic E-state index is 0.459. The SMILES string of the molecule is CSCOc1ccc2c(c1)CN(C(=O)O)CC2. The van der Waals surface area contributed by atoms with Crippen LogP contribution in [0, 0.1) is 0 Å². The summed E-state index contributed by atoms with van der Waals surface area (Å²) < 4.78 is 5.51. The zero-order valence-electron chi connectivity index (χ0n) is 9.68. The molecule has 2 rings (SSSR count). The van der Waals surface area contributed by atoms with Crippen LogP contribution in [0.2, 0.25) is 0 Å². The quantitative estimate of drug-likeness (QED) is 0.840. The van der Waals surface area contributed by atoms with Gasteiger partial charge in [-0.15, -0.1) is 11.8 Å². The van der Waals surface area contributed by atoms with Crippen LogP contribution in [0.25, 0.3) is 0 Å². The molecule has 17 heavy (non-hydrogen) atoms. The molecule has 0 aromatic heterocycles. The van der Waals surface area contributed by atoms with E-state index in [4.69, 9.17) is 9.84 Å². The van der Waals surface area contributed by atoms with E-state index in [2.05, 4.69) is 0 Å². The van der Waals surface area contributed by atoms with Gasteiger partial charge in [0, 0.05) is 13.1 Å². The molecular weight excluding hydrogens is 238 g/mol. The van der Waals surface area contributed by atoms with Crippen LogP contribution in [0.1, 0.15) is 11.1 Å². The van der Waals surface area contributed by atoms with Gasteiger partial charge < -0.3 is 14.7 Å². The summed E-state index contributed by atoms with van der Waals surface area (Å²) in [6.45, 7) is 1.04. The monoisotopic (exact) mass is 253 g/mol. The highest BCUT2D eigenvalue weighted by molar-refractivity contribution is 7.98. The third-order valence-corrected chi connectivity index (χ3v) is 3.16. The van der Waals surface area contributed by atoms with E-state index in [-0.39, 0.29) is 0 Å². The fraction of sp³-hybridized carbons (Fsp3) is 0.417. The maximum absolute atomic E-state index is 10.9. The lowest BCUT2D eigenvalue weighted by Gasteiger charge is -2.26. The van der Waals surface area contributed by atoms with E-state index >= 15 is 0 Å². The number of carbonyl (C=O) groups is 1. The van der Waals surface area contributed by atoms with Crippen LogP contribution in [-0.2, 0) is 13.0 Å². The maximum atomic E-state index is 10.9. The third kappa shape index (κ3) is 2.85. The molecule has 0 bridgehead atoms. The Bertz CT molecular complexity index is 422. The van der Waals surface area contributed by atoms with E-state index in [1.54, 1.807) is 11.8 Å². The molecule has 1 aliphatic heterocycles. The first-order valence-corrected chi connectivity index (χ1v) is 6.81. The maximum Gasteiger partial charge on any atom is 0.407 e. The van der Waals surface area contributed by atoms with Crippen molar-refractivity contribution in [2.75, 3.05) is 18.7 Å². The van der Waals surface area contributed by atoms with Crippen LogP contribution >= 0.6 is 11.8 Å². The Morgan fingerprint density at radius 1 is 1.53 bits per heavy atom. The number of rotatable bonds is 3. The molecule has 4 nitrogen and oxygen atoms in total. The molecule has 0 unspecified atom stereocenters. The minimum Gasteiger partial charge on any atom is -0.483 e. The Balaban J connectivity index is 2.14. The standard InChI is InChI=1S/C12H15NO3S/c1-17-8-16-11-3-2-9-4-5-13(12(14)15)7-10(9)6-11/h2-3,6H,4-5,7-8H2,1H3,(H,14,15). The van der Waals surface area contributed by atoms with Crippen molar-refractivity contribution in [3.63, 3.8) is 0 Å². The molecule has 1 aromatic carbocycles. The van der Waals surface area contributed by atoms with Gasteiger partial charge >= 0.3 is 6.09 Å². The summed E-state index contributed by atoms with van der Waals surface area (Å²) in [6.07, 6.45) is 1.90. The van der Waals surface area contributed by atoms with E-state index < -0.39 is 6.09 Å². The van der Waals surface area contributed by atoms with Gasteiger partial charge in [-0.05, 0) is 35.9 Å². The van der Waals surface area contributed by atoms with Crippen LogP contribution in [-0.4, -0.2) is 34.8 Å². The lowest BCUT2D eigenvalue weighted by molar-refractivity contribution is 0.140. The first-order chi connectivity index (χ1) is 8.20. The fourth-order valence-corrected chi connectivity index (χ4v) is 2.17. The number of ether oxygens (including phenoxy) is 1. The van der Waals surface area contributed by atoms with Gasteiger partial charge in [0.1, 0.15) is 11.7 Å². The second-order valence-corrected chi connectivity index (χ2v) is 4.75. The molecule has 0 aliphatic carbocycles. The van der Waals surface area contributed by atoms with Gasteiger partial charge in [-0.25, -0.2) is 4.79 Å². The molecule has 1 amide bonds. The summed E-state index contributed by atoms with van der Waals surface area (Å²) >= 11 is 1.61. The van der Waals surface area contributed by atoms with Crippen molar-refractivity contribution < 1.29 is 14.6 Å². The first kappa shape index (κ1) is 12.1. The summed E-state index contributed by atoms with van der Waals surface area (Å²) in [7, 11) is 0. The molecule has 0 fully saturated rings. The number of thioether (sulfide) groups is 1. The van der Waals surface area contributed by atoms with Crippen LogP contribution in [0.4, 0.5) is 4.79 Å². The minimum atomic E-state index is -0.855. The molecule has 1 aromatic rings. The van der Waals surface area contributed by atoms with Crippen LogP contribution < -0.4 is 4.74 Å². The lowest BCUT2D eigenvalue weighted by Crippen LogP contribution is -2.34. The van der Waals surface area contributed by atoms with Crippen molar-refractivity contribution >= 4 is 17.9 Å². The summed E-state index contributed by atoms with van der Waals surface area (Å²) in [5.74, 6) is 1.42. The number of amides is 1. The van der Waals surface area contributed by atoms with Gasteiger partial charge in [0.15, 0.2) is 0 Å². The average molecular weight is 253 g/mol. The highest BCUT2D eigenvalue weighted by atomic mass is 32.2. The molecule has 1 aliphatic rings. The second kappa shape index (κ2) is 5.31. The van der Waals surface area contributed by atoms with Crippen LogP contribution in [0.5, 0.6) is 5.75 Å². The van der Waals surface area contributed by atoms with Crippen molar-refractivity contribution in [1.29, 1.82) is 0 Å². The predicted octanol–water partition coefficient (Wildman–Crippen LogP) is 2.42. The molecule has 0 saturated heterocycles. The Hall–Kier alpha value is -1.36. The lowest BCUT2D eigenvalue weighted by atomic mass is 10.00. The van der Waals surface area contributed by atoms with Crippen molar-refractivity contribution in [1.82, 2.24) is 4.90 Å². The van der Waals surface area contributed by atoms with E-state index in [1.165, 1.54) is 10.5 Å². The largest absolute Gasteiger partial charge is 0.483 e. The van der Waals surface area contributed by atoms with Crippen molar-refractivity contribution in [2.45, 2.75) is 13.0 Å². The van der Waals surface area contributed by atoms with Gasteiger partial charge in [0.25, 0.3) is 0 Å². The predicted molar refractivity (Wildman–Crippen MR) is 67.6 cm³/mol. The second-order valence-electron chi connectivity index (χ2n) is 3.94. The Morgan fingerprint density at radius 2 is 2.35 bits per heavy atom. The Labute approximate surface area is 105 Å². The van der Waals surface area contributed by atoms with Crippen molar-refractivity contribution in [3.05, 3.63) is 29.3 Å². The van der Waals surface area contributed by atoms with E-state index in [0.29, 0.717) is 19.0 Å². The third-order valence-electron chi connectivity index (χ3n) is 2.80. The average Bonchev–Trinajstić information content (AvgIpc) is 2.35. The van der Waals surface area contributed by atoms with E-state index in [1.807, 2.05) is 24.5 Å². The number of benzene rings is 1. The molecule has 1 N–H and O–H groups in total. The van der Waals surface area contributed by atoms with Gasteiger partial charge in [0.2, 0.25) is 0 Å². The Morgan fingerprint density at radius 3 is 3.06 bits per heavy atom. The summed E-state index contributed by atoms with van der Waals surface area (Å²) in [6, 6.07) is 5.93. The molecule has 0 spiro atoms. The number of hydrogen-bond donors (Lipinski definition) is 1. The van der Waals surface area contributed by atoms with Gasteiger partial charge in [-0.1, -0.05) is 6.07 Å². The smallest absolute Gasteiger partial charge is 0.407 e. The normalized spacial score (nSPS) is 14.3. The van der Waals surface area contributed by atoms with E-state index in [9.17, 15) is 4.79 Å². The molecular formula is C12H15NO3S. The van der Waals surface area contributed by atoms with Crippen LogP contribution in [0.15, 0.2) is 18.2 Å². The highest BCUT2D eigenvalue weighted by Gasteiger charge is 2.20. The first-order valence-electron chi connectivity index (χ1n) is 5.42. The molecule has 92 valence electrons. The number of carboxylic acid groups (broad SMARTS) is 1.